The molecule has 3 atom stereocenters. The zero-order valence-electron chi connectivity index (χ0n) is 14.0. The summed E-state index contributed by atoms with van der Waals surface area (Å²) in [5.74, 6) is -1.84. The van der Waals surface area contributed by atoms with Crippen LogP contribution in [0.1, 0.15) is 38.8 Å². The fourth-order valence-corrected chi connectivity index (χ4v) is 3.19. The number of phenols is 1. The highest BCUT2D eigenvalue weighted by Crippen LogP contribution is 2.28. The standard InChI is InChI=1S/C17H26F2N2O2/c1-11-9-21(10-12(2)23-11)6-4-5-20-13(3)17-15(19)7-14(18)8-16(17)22/h7-8,11-13,20,22H,4-6,9-10H2,1-3H3/t11-,12-,13+/m1/s1. The summed E-state index contributed by atoms with van der Waals surface area (Å²) in [6.07, 6.45) is 1.40. The van der Waals surface area contributed by atoms with Gasteiger partial charge in [0.05, 0.1) is 12.2 Å². The van der Waals surface area contributed by atoms with E-state index in [1.54, 1.807) is 6.92 Å². The molecule has 1 aliphatic rings. The third kappa shape index (κ3) is 5.12. The average Bonchev–Trinajstić information content (AvgIpc) is 2.41. The number of nitrogens with one attached hydrogen (secondary N) is 1. The van der Waals surface area contributed by atoms with Gasteiger partial charge < -0.3 is 15.2 Å². The first-order chi connectivity index (χ1) is 10.9. The minimum atomic E-state index is -0.772. The van der Waals surface area contributed by atoms with Crippen LogP contribution in [0.3, 0.4) is 0 Å². The molecule has 23 heavy (non-hydrogen) atoms. The lowest BCUT2D eigenvalue weighted by atomic mass is 10.1. The summed E-state index contributed by atoms with van der Waals surface area (Å²) in [4.78, 5) is 2.36. The summed E-state index contributed by atoms with van der Waals surface area (Å²) in [5, 5.41) is 12.9. The Hall–Kier alpha value is -1.24. The summed E-state index contributed by atoms with van der Waals surface area (Å²) >= 11 is 0. The van der Waals surface area contributed by atoms with Crippen LogP contribution in [0.25, 0.3) is 0 Å². The van der Waals surface area contributed by atoms with Gasteiger partial charge in [-0.2, -0.15) is 0 Å². The molecule has 130 valence electrons. The molecule has 0 radical (unpaired) electrons. The minimum absolute atomic E-state index is 0.111. The summed E-state index contributed by atoms with van der Waals surface area (Å²) < 4.78 is 32.5. The minimum Gasteiger partial charge on any atom is -0.507 e. The summed E-state index contributed by atoms with van der Waals surface area (Å²) in [7, 11) is 0. The van der Waals surface area contributed by atoms with Gasteiger partial charge in [0.25, 0.3) is 0 Å². The van der Waals surface area contributed by atoms with Crippen LogP contribution in [0, 0.1) is 11.6 Å². The van der Waals surface area contributed by atoms with Crippen molar-refractivity contribution >= 4 is 0 Å². The van der Waals surface area contributed by atoms with Crippen molar-refractivity contribution in [3.63, 3.8) is 0 Å². The number of morpholine rings is 1. The molecule has 1 heterocycles. The third-order valence-electron chi connectivity index (χ3n) is 4.10. The smallest absolute Gasteiger partial charge is 0.134 e. The van der Waals surface area contributed by atoms with Crippen molar-refractivity contribution in [3.05, 3.63) is 29.3 Å². The van der Waals surface area contributed by atoms with Crippen molar-refractivity contribution in [1.29, 1.82) is 0 Å². The van der Waals surface area contributed by atoms with Gasteiger partial charge in [-0.15, -0.1) is 0 Å². The van der Waals surface area contributed by atoms with E-state index >= 15 is 0 Å². The number of benzene rings is 1. The van der Waals surface area contributed by atoms with Crippen LogP contribution >= 0.6 is 0 Å². The molecule has 1 aromatic rings. The molecule has 6 heteroatoms. The first-order valence-electron chi connectivity index (χ1n) is 8.16. The third-order valence-corrected chi connectivity index (χ3v) is 4.10. The maximum Gasteiger partial charge on any atom is 0.134 e. The van der Waals surface area contributed by atoms with E-state index in [4.69, 9.17) is 4.74 Å². The maximum atomic E-state index is 13.8. The van der Waals surface area contributed by atoms with E-state index in [1.807, 2.05) is 0 Å². The second-order valence-electron chi connectivity index (χ2n) is 6.37. The first kappa shape index (κ1) is 18.1. The number of phenolic OH excluding ortho intramolecular Hbond substituents is 1. The van der Waals surface area contributed by atoms with Crippen molar-refractivity contribution in [1.82, 2.24) is 10.2 Å². The molecule has 1 saturated heterocycles. The van der Waals surface area contributed by atoms with Crippen LogP contribution < -0.4 is 5.32 Å². The Bertz CT molecular complexity index is 494. The molecule has 4 nitrogen and oxygen atoms in total. The Morgan fingerprint density at radius 3 is 2.57 bits per heavy atom. The summed E-state index contributed by atoms with van der Waals surface area (Å²) in [6.45, 7) is 9.38. The van der Waals surface area contributed by atoms with Crippen LogP contribution in [-0.2, 0) is 4.74 Å². The van der Waals surface area contributed by atoms with Gasteiger partial charge in [0.1, 0.15) is 17.4 Å². The molecule has 0 amide bonds. The van der Waals surface area contributed by atoms with Gasteiger partial charge in [-0.1, -0.05) is 0 Å². The number of nitrogens with zero attached hydrogens (tertiary/aromatic N) is 1. The predicted octanol–water partition coefficient (Wildman–Crippen LogP) is 2.82. The molecule has 1 aliphatic heterocycles. The number of aromatic hydroxyl groups is 1. The molecule has 0 aliphatic carbocycles. The van der Waals surface area contributed by atoms with Crippen molar-refractivity contribution in [2.24, 2.45) is 0 Å². The van der Waals surface area contributed by atoms with Gasteiger partial charge in [-0.05, 0) is 40.3 Å². The zero-order valence-corrected chi connectivity index (χ0v) is 14.0. The van der Waals surface area contributed by atoms with Crippen molar-refractivity contribution in [3.8, 4) is 5.75 Å². The van der Waals surface area contributed by atoms with Crippen LogP contribution in [0.2, 0.25) is 0 Å². The molecule has 0 spiro atoms. The molecule has 1 aromatic carbocycles. The van der Waals surface area contributed by atoms with E-state index in [2.05, 4.69) is 24.1 Å². The van der Waals surface area contributed by atoms with Gasteiger partial charge in [0.15, 0.2) is 0 Å². The fraction of sp³-hybridized carbons (Fsp3) is 0.647. The van der Waals surface area contributed by atoms with E-state index in [0.29, 0.717) is 6.54 Å². The van der Waals surface area contributed by atoms with Gasteiger partial charge in [-0.3, -0.25) is 4.90 Å². The van der Waals surface area contributed by atoms with Crippen LogP contribution in [-0.4, -0.2) is 48.4 Å². The maximum absolute atomic E-state index is 13.8. The van der Waals surface area contributed by atoms with E-state index in [0.717, 1.165) is 38.2 Å². The Labute approximate surface area is 136 Å². The van der Waals surface area contributed by atoms with Gasteiger partial charge >= 0.3 is 0 Å². The topological polar surface area (TPSA) is 44.7 Å². The second kappa shape index (κ2) is 8.04. The van der Waals surface area contributed by atoms with Gasteiger partial charge in [0, 0.05) is 36.8 Å². The van der Waals surface area contributed by atoms with Gasteiger partial charge in [0.2, 0.25) is 0 Å². The predicted molar refractivity (Wildman–Crippen MR) is 85.5 cm³/mol. The van der Waals surface area contributed by atoms with Gasteiger partial charge in [-0.25, -0.2) is 8.78 Å². The van der Waals surface area contributed by atoms with E-state index in [1.165, 1.54) is 0 Å². The monoisotopic (exact) mass is 328 g/mol. The van der Waals surface area contributed by atoms with E-state index in [9.17, 15) is 13.9 Å². The highest BCUT2D eigenvalue weighted by atomic mass is 19.1. The highest BCUT2D eigenvalue weighted by Gasteiger charge is 2.22. The largest absolute Gasteiger partial charge is 0.507 e. The molecular weight excluding hydrogens is 302 g/mol. The van der Waals surface area contributed by atoms with Crippen molar-refractivity contribution in [2.75, 3.05) is 26.2 Å². The Kier molecular flexibility index (Phi) is 6.33. The SMILES string of the molecule is C[C@@H]1CN(CCCN[C@@H](C)c2c(O)cc(F)cc2F)C[C@@H](C)O1. The molecular formula is C17H26F2N2O2. The Balaban J connectivity index is 1.78. The number of rotatable bonds is 6. The Morgan fingerprint density at radius 1 is 1.30 bits per heavy atom. The van der Waals surface area contributed by atoms with E-state index in [-0.39, 0.29) is 29.6 Å². The molecule has 0 unspecified atom stereocenters. The zero-order chi connectivity index (χ0) is 17.0. The molecule has 0 aromatic heterocycles. The quantitative estimate of drug-likeness (QED) is 0.788. The van der Waals surface area contributed by atoms with Crippen molar-refractivity contribution in [2.45, 2.75) is 45.4 Å². The lowest BCUT2D eigenvalue weighted by Gasteiger charge is -2.35. The average molecular weight is 328 g/mol. The summed E-state index contributed by atoms with van der Waals surface area (Å²) in [5.41, 5.74) is 0.111. The number of ether oxygens (including phenoxy) is 1. The van der Waals surface area contributed by atoms with Crippen LogP contribution in [0.4, 0.5) is 8.78 Å². The molecule has 1 fully saturated rings. The second-order valence-corrected chi connectivity index (χ2v) is 6.37. The first-order valence-corrected chi connectivity index (χ1v) is 8.16. The molecule has 0 saturated carbocycles. The molecule has 0 bridgehead atoms. The van der Waals surface area contributed by atoms with Crippen LogP contribution in [0.15, 0.2) is 12.1 Å². The fourth-order valence-electron chi connectivity index (χ4n) is 3.19. The number of hydrogen-bond donors (Lipinski definition) is 2. The molecule has 2 N–H and O–H groups in total. The Morgan fingerprint density at radius 2 is 1.96 bits per heavy atom. The van der Waals surface area contributed by atoms with Crippen LogP contribution in [0.5, 0.6) is 5.75 Å². The normalized spacial score (nSPS) is 23.9. The van der Waals surface area contributed by atoms with Crippen molar-refractivity contribution < 1.29 is 18.6 Å². The number of halogens is 2. The van der Waals surface area contributed by atoms with E-state index < -0.39 is 11.6 Å². The summed E-state index contributed by atoms with van der Waals surface area (Å²) in [6, 6.07) is 1.36. The lowest BCUT2D eigenvalue weighted by molar-refractivity contribution is -0.0680. The lowest BCUT2D eigenvalue weighted by Crippen LogP contribution is -2.46. The molecule has 2 rings (SSSR count). The number of hydrogen-bond acceptors (Lipinski definition) is 4. The highest BCUT2D eigenvalue weighted by molar-refractivity contribution is 5.36.